The summed E-state index contributed by atoms with van der Waals surface area (Å²) in [4.78, 5) is 11.0. The second kappa shape index (κ2) is 3.69. The summed E-state index contributed by atoms with van der Waals surface area (Å²) in [6.45, 7) is 1.56. The van der Waals surface area contributed by atoms with Gasteiger partial charge in [-0.3, -0.25) is 4.79 Å². The molecule has 64 valence electrons. The van der Waals surface area contributed by atoms with Gasteiger partial charge in [-0.1, -0.05) is 0 Å². The third-order valence-corrected chi connectivity index (χ3v) is 2.03. The molecular formula is C7H14N2O2. The van der Waals surface area contributed by atoms with Crippen molar-refractivity contribution in [1.29, 1.82) is 0 Å². The number of hydrogen-bond acceptors (Lipinski definition) is 4. The summed E-state index contributed by atoms with van der Waals surface area (Å²) in [6.07, 6.45) is 0.786. The largest absolute Gasteiger partial charge is 0.469 e. The second-order valence-corrected chi connectivity index (χ2v) is 2.79. The monoisotopic (exact) mass is 158 g/mol. The molecule has 2 atom stereocenters. The first kappa shape index (κ1) is 8.49. The normalized spacial score (nSPS) is 31.5. The summed E-state index contributed by atoms with van der Waals surface area (Å²) in [7, 11) is 1.40. The SMILES string of the molecule is COC(=O)[C@@H]1CCNC[C@@H]1N. The van der Waals surface area contributed by atoms with E-state index in [2.05, 4.69) is 10.1 Å². The molecule has 0 spiro atoms. The van der Waals surface area contributed by atoms with E-state index < -0.39 is 0 Å². The van der Waals surface area contributed by atoms with E-state index in [1.54, 1.807) is 0 Å². The Hall–Kier alpha value is -0.610. The van der Waals surface area contributed by atoms with Crippen molar-refractivity contribution in [1.82, 2.24) is 5.32 Å². The zero-order chi connectivity index (χ0) is 8.27. The number of rotatable bonds is 1. The van der Waals surface area contributed by atoms with Crippen molar-refractivity contribution >= 4 is 5.97 Å². The van der Waals surface area contributed by atoms with Gasteiger partial charge in [0.25, 0.3) is 0 Å². The van der Waals surface area contributed by atoms with E-state index in [-0.39, 0.29) is 17.9 Å². The Bertz CT molecular complexity index is 149. The average molecular weight is 158 g/mol. The number of piperidine rings is 1. The van der Waals surface area contributed by atoms with Gasteiger partial charge in [0, 0.05) is 12.6 Å². The predicted molar refractivity (Wildman–Crippen MR) is 41.0 cm³/mol. The molecule has 0 aromatic rings. The number of hydrogen-bond donors (Lipinski definition) is 2. The van der Waals surface area contributed by atoms with Crippen LogP contribution in [0.4, 0.5) is 0 Å². The molecule has 0 aromatic carbocycles. The van der Waals surface area contributed by atoms with Crippen LogP contribution in [0.15, 0.2) is 0 Å². The molecule has 1 aliphatic rings. The maximum atomic E-state index is 11.0. The Balaban J connectivity index is 2.47. The van der Waals surface area contributed by atoms with Gasteiger partial charge in [0.15, 0.2) is 0 Å². The maximum absolute atomic E-state index is 11.0. The number of nitrogens with one attached hydrogen (secondary N) is 1. The molecule has 11 heavy (non-hydrogen) atoms. The quantitative estimate of drug-likeness (QED) is 0.485. The minimum Gasteiger partial charge on any atom is -0.469 e. The second-order valence-electron chi connectivity index (χ2n) is 2.79. The van der Waals surface area contributed by atoms with Crippen LogP contribution in [-0.2, 0) is 9.53 Å². The first-order valence-electron chi connectivity index (χ1n) is 3.80. The van der Waals surface area contributed by atoms with Crippen molar-refractivity contribution in [2.75, 3.05) is 20.2 Å². The van der Waals surface area contributed by atoms with E-state index in [9.17, 15) is 4.79 Å². The third-order valence-electron chi connectivity index (χ3n) is 2.03. The molecule has 1 saturated heterocycles. The fraction of sp³-hybridized carbons (Fsp3) is 0.857. The smallest absolute Gasteiger partial charge is 0.310 e. The van der Waals surface area contributed by atoms with Gasteiger partial charge < -0.3 is 15.8 Å². The molecule has 0 bridgehead atoms. The highest BCUT2D eigenvalue weighted by atomic mass is 16.5. The zero-order valence-electron chi connectivity index (χ0n) is 6.67. The molecule has 1 rings (SSSR count). The van der Waals surface area contributed by atoms with Crippen molar-refractivity contribution in [2.24, 2.45) is 11.7 Å². The molecule has 4 nitrogen and oxygen atoms in total. The summed E-state index contributed by atoms with van der Waals surface area (Å²) in [5.74, 6) is -0.291. The minimum absolute atomic E-state index is 0.0869. The lowest BCUT2D eigenvalue weighted by molar-refractivity contribution is -0.146. The summed E-state index contributed by atoms with van der Waals surface area (Å²) in [5, 5.41) is 3.11. The fourth-order valence-corrected chi connectivity index (χ4v) is 1.33. The summed E-state index contributed by atoms with van der Waals surface area (Å²) >= 11 is 0. The Morgan fingerprint density at radius 1 is 1.73 bits per heavy atom. The first-order valence-corrected chi connectivity index (χ1v) is 3.80. The van der Waals surface area contributed by atoms with Crippen molar-refractivity contribution in [3.8, 4) is 0 Å². The van der Waals surface area contributed by atoms with Crippen LogP contribution in [0.5, 0.6) is 0 Å². The Morgan fingerprint density at radius 3 is 3.00 bits per heavy atom. The van der Waals surface area contributed by atoms with Gasteiger partial charge in [-0.2, -0.15) is 0 Å². The number of carbonyl (C=O) groups is 1. The van der Waals surface area contributed by atoms with Gasteiger partial charge in [-0.15, -0.1) is 0 Å². The predicted octanol–water partition coefficient (Wildman–Crippen LogP) is -0.904. The Morgan fingerprint density at radius 2 is 2.45 bits per heavy atom. The van der Waals surface area contributed by atoms with E-state index in [1.807, 2.05) is 0 Å². The van der Waals surface area contributed by atoms with Gasteiger partial charge in [0.1, 0.15) is 0 Å². The fourth-order valence-electron chi connectivity index (χ4n) is 1.33. The number of ether oxygens (including phenoxy) is 1. The van der Waals surface area contributed by atoms with Crippen LogP contribution in [0.1, 0.15) is 6.42 Å². The number of carbonyl (C=O) groups excluding carboxylic acids is 1. The highest BCUT2D eigenvalue weighted by Crippen LogP contribution is 2.11. The number of nitrogens with two attached hydrogens (primary N) is 1. The van der Waals surface area contributed by atoms with Gasteiger partial charge in [-0.25, -0.2) is 0 Å². The summed E-state index contributed by atoms with van der Waals surface area (Å²) in [6, 6.07) is -0.0869. The molecule has 3 N–H and O–H groups in total. The van der Waals surface area contributed by atoms with Crippen LogP contribution in [0.3, 0.4) is 0 Å². The van der Waals surface area contributed by atoms with Gasteiger partial charge in [0.2, 0.25) is 0 Å². The highest BCUT2D eigenvalue weighted by Gasteiger charge is 2.28. The average Bonchev–Trinajstić information content (AvgIpc) is 2.04. The summed E-state index contributed by atoms with van der Waals surface area (Å²) < 4.78 is 4.61. The Kier molecular flexibility index (Phi) is 2.84. The molecule has 0 aromatic heterocycles. The molecule has 0 amide bonds. The van der Waals surface area contributed by atoms with Crippen LogP contribution >= 0.6 is 0 Å². The number of methoxy groups -OCH3 is 1. The van der Waals surface area contributed by atoms with Gasteiger partial charge >= 0.3 is 5.97 Å². The molecule has 0 unspecified atom stereocenters. The van der Waals surface area contributed by atoms with E-state index in [0.29, 0.717) is 6.54 Å². The molecular weight excluding hydrogens is 144 g/mol. The standard InChI is InChI=1S/C7H14N2O2/c1-11-7(10)5-2-3-9-4-6(5)8/h5-6,9H,2-4,8H2,1H3/t5-,6+/m1/s1. The number of esters is 1. The molecule has 0 radical (unpaired) electrons. The van der Waals surface area contributed by atoms with E-state index in [1.165, 1.54) is 7.11 Å². The molecule has 0 aliphatic carbocycles. The third kappa shape index (κ3) is 1.91. The van der Waals surface area contributed by atoms with Gasteiger partial charge in [0.05, 0.1) is 13.0 Å². The molecule has 4 heteroatoms. The first-order chi connectivity index (χ1) is 5.25. The van der Waals surface area contributed by atoms with Crippen molar-refractivity contribution in [2.45, 2.75) is 12.5 Å². The van der Waals surface area contributed by atoms with Crippen LogP contribution in [0.25, 0.3) is 0 Å². The van der Waals surface area contributed by atoms with Crippen LogP contribution in [0.2, 0.25) is 0 Å². The zero-order valence-corrected chi connectivity index (χ0v) is 6.67. The molecule has 1 heterocycles. The minimum atomic E-state index is -0.181. The lowest BCUT2D eigenvalue weighted by Gasteiger charge is -2.26. The molecule has 1 aliphatic heterocycles. The van der Waals surface area contributed by atoms with E-state index in [0.717, 1.165) is 13.0 Å². The van der Waals surface area contributed by atoms with E-state index >= 15 is 0 Å². The lowest BCUT2D eigenvalue weighted by Crippen LogP contribution is -2.49. The topological polar surface area (TPSA) is 64.3 Å². The van der Waals surface area contributed by atoms with Crippen molar-refractivity contribution < 1.29 is 9.53 Å². The molecule has 0 saturated carbocycles. The van der Waals surface area contributed by atoms with Crippen LogP contribution in [0, 0.1) is 5.92 Å². The van der Waals surface area contributed by atoms with Crippen molar-refractivity contribution in [3.05, 3.63) is 0 Å². The van der Waals surface area contributed by atoms with Gasteiger partial charge in [-0.05, 0) is 13.0 Å². The van der Waals surface area contributed by atoms with Crippen LogP contribution < -0.4 is 11.1 Å². The Labute approximate surface area is 66.1 Å². The summed E-state index contributed by atoms with van der Waals surface area (Å²) in [5.41, 5.74) is 5.69. The maximum Gasteiger partial charge on any atom is 0.310 e. The van der Waals surface area contributed by atoms with Crippen LogP contribution in [-0.4, -0.2) is 32.2 Å². The van der Waals surface area contributed by atoms with Crippen molar-refractivity contribution in [3.63, 3.8) is 0 Å². The lowest BCUT2D eigenvalue weighted by atomic mass is 9.94. The highest BCUT2D eigenvalue weighted by molar-refractivity contribution is 5.73. The van der Waals surface area contributed by atoms with E-state index in [4.69, 9.17) is 5.73 Å². The molecule has 1 fully saturated rings.